The van der Waals surface area contributed by atoms with Gasteiger partial charge in [0.2, 0.25) is 0 Å². The van der Waals surface area contributed by atoms with E-state index in [0.717, 1.165) is 26.1 Å². The number of rotatable bonds is 5. The summed E-state index contributed by atoms with van der Waals surface area (Å²) >= 11 is 0. The van der Waals surface area contributed by atoms with E-state index in [-0.39, 0.29) is 12.1 Å². The monoisotopic (exact) mass is 320 g/mol. The summed E-state index contributed by atoms with van der Waals surface area (Å²) in [7, 11) is 2.01. The summed E-state index contributed by atoms with van der Waals surface area (Å²) in [5.74, 6) is 1.64. The zero-order chi connectivity index (χ0) is 16.8. The topological polar surface area (TPSA) is 53.3 Å². The first-order chi connectivity index (χ1) is 10.9. The van der Waals surface area contributed by atoms with E-state index in [9.17, 15) is 5.11 Å². The Labute approximate surface area is 140 Å². The van der Waals surface area contributed by atoms with Crippen molar-refractivity contribution in [2.45, 2.75) is 45.7 Å². The van der Waals surface area contributed by atoms with E-state index in [2.05, 4.69) is 43.0 Å². The number of fused-ring (bicyclic) bond motifs is 1. The van der Waals surface area contributed by atoms with Crippen molar-refractivity contribution in [1.29, 1.82) is 0 Å². The van der Waals surface area contributed by atoms with E-state index in [1.165, 1.54) is 11.3 Å². The van der Waals surface area contributed by atoms with Crippen molar-refractivity contribution in [2.75, 3.05) is 26.2 Å². The summed E-state index contributed by atoms with van der Waals surface area (Å²) in [6.45, 7) is 12.4. The maximum atomic E-state index is 10.3. The Morgan fingerprint density at radius 3 is 2.70 bits per heavy atom. The molecule has 0 bridgehead atoms. The summed E-state index contributed by atoms with van der Waals surface area (Å²) < 4.78 is 1.96. The summed E-state index contributed by atoms with van der Waals surface area (Å²) in [5, 5.41) is 18.6. The zero-order valence-corrected chi connectivity index (χ0v) is 15.2. The van der Waals surface area contributed by atoms with Crippen molar-refractivity contribution >= 4 is 0 Å². The highest BCUT2D eigenvalue weighted by Crippen LogP contribution is 2.49. The van der Waals surface area contributed by atoms with E-state index < -0.39 is 0 Å². The van der Waals surface area contributed by atoms with Crippen LogP contribution in [0.25, 0.3) is 0 Å². The molecule has 2 N–H and O–H groups in total. The molecule has 0 aromatic carbocycles. The number of nitrogens with one attached hydrogen (secondary N) is 1. The Kier molecular flexibility index (Phi) is 4.55. The van der Waals surface area contributed by atoms with Crippen LogP contribution in [0.1, 0.15) is 44.5 Å². The number of aryl methyl sites for hydroxylation is 1. The minimum atomic E-state index is -0.157. The molecule has 4 atom stereocenters. The minimum Gasteiger partial charge on any atom is -0.394 e. The van der Waals surface area contributed by atoms with Crippen molar-refractivity contribution < 1.29 is 5.11 Å². The van der Waals surface area contributed by atoms with Crippen molar-refractivity contribution in [2.24, 2.45) is 24.8 Å². The normalized spacial score (nSPS) is 34.5. The van der Waals surface area contributed by atoms with Crippen molar-refractivity contribution in [3.63, 3.8) is 0 Å². The molecule has 2 aliphatic heterocycles. The zero-order valence-electron chi connectivity index (χ0n) is 15.2. The van der Waals surface area contributed by atoms with Crippen LogP contribution >= 0.6 is 0 Å². The van der Waals surface area contributed by atoms with E-state index in [1.54, 1.807) is 0 Å². The van der Waals surface area contributed by atoms with Crippen LogP contribution in [-0.2, 0) is 7.05 Å². The van der Waals surface area contributed by atoms with Gasteiger partial charge in [0, 0.05) is 43.0 Å². The second-order valence-electron chi connectivity index (χ2n) is 7.97. The fourth-order valence-corrected chi connectivity index (χ4v) is 4.91. The molecule has 1 aromatic heterocycles. The Morgan fingerprint density at radius 2 is 2.17 bits per heavy atom. The fraction of sp³-hybridized carbons (Fsp3) is 0.833. The maximum absolute atomic E-state index is 10.3. The first-order valence-corrected chi connectivity index (χ1v) is 9.01. The highest BCUT2D eigenvalue weighted by molar-refractivity contribution is 5.27. The van der Waals surface area contributed by atoms with Gasteiger partial charge in [-0.15, -0.1) is 0 Å². The first kappa shape index (κ1) is 16.9. The lowest BCUT2D eigenvalue weighted by molar-refractivity contribution is 0.107. The third kappa shape index (κ3) is 2.73. The van der Waals surface area contributed by atoms with E-state index >= 15 is 0 Å². The lowest BCUT2D eigenvalue weighted by Crippen LogP contribution is -2.51. The van der Waals surface area contributed by atoms with Crippen LogP contribution < -0.4 is 5.32 Å². The predicted octanol–water partition coefficient (Wildman–Crippen LogP) is 1.72. The summed E-state index contributed by atoms with van der Waals surface area (Å²) in [4.78, 5) is 2.54. The van der Waals surface area contributed by atoms with E-state index in [4.69, 9.17) is 0 Å². The smallest absolute Gasteiger partial charge is 0.0616 e. The van der Waals surface area contributed by atoms with Crippen molar-refractivity contribution in [1.82, 2.24) is 20.0 Å². The Morgan fingerprint density at radius 1 is 1.43 bits per heavy atom. The second-order valence-corrected chi connectivity index (χ2v) is 7.97. The van der Waals surface area contributed by atoms with E-state index in [1.807, 2.05) is 17.9 Å². The number of aliphatic hydroxyl groups is 1. The van der Waals surface area contributed by atoms with Crippen molar-refractivity contribution in [3.8, 4) is 0 Å². The third-order valence-corrected chi connectivity index (χ3v) is 6.13. The molecule has 3 rings (SSSR count). The van der Waals surface area contributed by atoms with Gasteiger partial charge >= 0.3 is 0 Å². The van der Waals surface area contributed by atoms with Gasteiger partial charge < -0.3 is 15.3 Å². The number of hydrogen-bond donors (Lipinski definition) is 2. The highest BCUT2D eigenvalue weighted by Gasteiger charge is 2.56. The van der Waals surface area contributed by atoms with Crippen LogP contribution in [0.3, 0.4) is 0 Å². The van der Waals surface area contributed by atoms with Crippen LogP contribution in [0.4, 0.5) is 0 Å². The van der Waals surface area contributed by atoms with Gasteiger partial charge in [-0.05, 0) is 37.6 Å². The largest absolute Gasteiger partial charge is 0.394 e. The SMILES string of the molecule is CCN1C[C@H]2[C@@H](C1)[C@](CO)(CC(C)C)N[C@H]2c1cnn(C)c1C. The predicted molar refractivity (Wildman–Crippen MR) is 92.2 cm³/mol. The molecule has 0 spiro atoms. The summed E-state index contributed by atoms with van der Waals surface area (Å²) in [5.41, 5.74) is 2.38. The van der Waals surface area contributed by atoms with Gasteiger partial charge in [-0.1, -0.05) is 20.8 Å². The van der Waals surface area contributed by atoms with Gasteiger partial charge in [0.25, 0.3) is 0 Å². The quantitative estimate of drug-likeness (QED) is 0.867. The molecule has 0 unspecified atom stereocenters. The number of aliphatic hydroxyl groups excluding tert-OH is 1. The molecule has 5 nitrogen and oxygen atoms in total. The molecule has 23 heavy (non-hydrogen) atoms. The molecule has 0 aliphatic carbocycles. The number of aromatic nitrogens is 2. The van der Waals surface area contributed by atoms with Gasteiger partial charge in [-0.3, -0.25) is 4.68 Å². The molecular formula is C18H32N4O. The Balaban J connectivity index is 1.97. The molecule has 0 radical (unpaired) electrons. The standard InChI is InChI=1S/C18H32N4O/c1-6-22-9-15-16(10-22)18(11-23,7-12(2)3)20-17(15)14-8-19-21(5)13(14)4/h8,12,15-17,20,23H,6-7,9-11H2,1-5H3/t15-,16+,17-,18+/m0/s1. The molecule has 3 heterocycles. The maximum Gasteiger partial charge on any atom is 0.0616 e. The number of likely N-dealkylation sites (tertiary alicyclic amines) is 1. The average molecular weight is 320 g/mol. The van der Waals surface area contributed by atoms with Crippen LogP contribution in [-0.4, -0.2) is 51.6 Å². The Bertz CT molecular complexity index is 555. The molecule has 5 heteroatoms. The lowest BCUT2D eigenvalue weighted by Gasteiger charge is -2.36. The molecule has 1 aromatic rings. The summed E-state index contributed by atoms with van der Waals surface area (Å²) in [6.07, 6.45) is 3.04. The number of hydrogen-bond acceptors (Lipinski definition) is 4. The third-order valence-electron chi connectivity index (χ3n) is 6.13. The van der Waals surface area contributed by atoms with Gasteiger partial charge in [-0.2, -0.15) is 5.10 Å². The lowest BCUT2D eigenvalue weighted by atomic mass is 9.76. The van der Waals surface area contributed by atoms with Crippen LogP contribution in [0.5, 0.6) is 0 Å². The molecule has 0 saturated carbocycles. The molecule has 2 saturated heterocycles. The van der Waals surface area contributed by atoms with Crippen LogP contribution in [0, 0.1) is 24.7 Å². The van der Waals surface area contributed by atoms with E-state index in [0.29, 0.717) is 23.8 Å². The molecule has 2 aliphatic rings. The Hall–Kier alpha value is -0.910. The highest BCUT2D eigenvalue weighted by atomic mass is 16.3. The van der Waals surface area contributed by atoms with Gasteiger partial charge in [0.05, 0.1) is 12.8 Å². The second kappa shape index (κ2) is 6.19. The molecule has 130 valence electrons. The molecule has 0 amide bonds. The summed E-state index contributed by atoms with van der Waals surface area (Å²) in [6, 6.07) is 0.302. The first-order valence-electron chi connectivity index (χ1n) is 9.01. The molecule has 2 fully saturated rings. The van der Waals surface area contributed by atoms with Crippen LogP contribution in [0.2, 0.25) is 0 Å². The average Bonchev–Trinajstić information content (AvgIpc) is 3.15. The van der Waals surface area contributed by atoms with Crippen LogP contribution in [0.15, 0.2) is 6.20 Å². The number of nitrogens with zero attached hydrogens (tertiary/aromatic N) is 3. The van der Waals surface area contributed by atoms with Gasteiger partial charge in [0.15, 0.2) is 0 Å². The van der Waals surface area contributed by atoms with Gasteiger partial charge in [0.1, 0.15) is 0 Å². The fourth-order valence-electron chi connectivity index (χ4n) is 4.91. The van der Waals surface area contributed by atoms with Crippen molar-refractivity contribution in [3.05, 3.63) is 17.5 Å². The molecular weight excluding hydrogens is 288 g/mol. The van der Waals surface area contributed by atoms with Gasteiger partial charge in [-0.25, -0.2) is 0 Å². The minimum absolute atomic E-state index is 0.157.